The summed E-state index contributed by atoms with van der Waals surface area (Å²) in [7, 11) is -3.15. The standard InChI is InChI=1S/C13H20FNO2S/c1-4-9-15-13(10(2)18(3,16)17)11-5-7-12(14)8-6-11/h5-8,10,13,15H,4,9H2,1-3H3. The van der Waals surface area contributed by atoms with Gasteiger partial charge in [-0.3, -0.25) is 0 Å². The molecule has 5 heteroatoms. The molecule has 0 aliphatic rings. The number of rotatable bonds is 6. The lowest BCUT2D eigenvalue weighted by Crippen LogP contribution is -2.35. The Morgan fingerprint density at radius 3 is 2.28 bits per heavy atom. The highest BCUT2D eigenvalue weighted by Crippen LogP contribution is 2.22. The number of sulfone groups is 1. The van der Waals surface area contributed by atoms with Gasteiger partial charge in [0.05, 0.1) is 5.25 Å². The summed E-state index contributed by atoms with van der Waals surface area (Å²) in [6.07, 6.45) is 2.13. The van der Waals surface area contributed by atoms with Crippen LogP contribution in [-0.2, 0) is 9.84 Å². The number of hydrogen-bond acceptors (Lipinski definition) is 3. The molecule has 18 heavy (non-hydrogen) atoms. The molecule has 0 amide bonds. The molecule has 0 saturated carbocycles. The highest BCUT2D eigenvalue weighted by molar-refractivity contribution is 7.91. The third-order valence-electron chi connectivity index (χ3n) is 2.99. The van der Waals surface area contributed by atoms with Gasteiger partial charge in [-0.2, -0.15) is 0 Å². The quantitative estimate of drug-likeness (QED) is 0.865. The molecule has 0 aromatic heterocycles. The summed E-state index contributed by atoms with van der Waals surface area (Å²) in [6, 6.07) is 5.66. The number of benzene rings is 1. The van der Waals surface area contributed by atoms with Crippen molar-refractivity contribution in [1.82, 2.24) is 5.32 Å². The fraction of sp³-hybridized carbons (Fsp3) is 0.538. The molecule has 0 saturated heterocycles. The molecule has 1 rings (SSSR count). The molecular weight excluding hydrogens is 253 g/mol. The summed E-state index contributed by atoms with van der Waals surface area (Å²) < 4.78 is 36.2. The van der Waals surface area contributed by atoms with Crippen molar-refractivity contribution in [2.24, 2.45) is 0 Å². The lowest BCUT2D eigenvalue weighted by Gasteiger charge is -2.24. The SMILES string of the molecule is CCCNC(c1ccc(F)cc1)C(C)S(C)(=O)=O. The van der Waals surface area contributed by atoms with Crippen molar-refractivity contribution in [3.8, 4) is 0 Å². The van der Waals surface area contributed by atoms with E-state index < -0.39 is 15.1 Å². The summed E-state index contributed by atoms with van der Waals surface area (Å²) in [5, 5.41) is 2.66. The van der Waals surface area contributed by atoms with E-state index in [2.05, 4.69) is 5.32 Å². The molecule has 0 radical (unpaired) electrons. The van der Waals surface area contributed by atoms with E-state index >= 15 is 0 Å². The van der Waals surface area contributed by atoms with Crippen molar-refractivity contribution < 1.29 is 12.8 Å². The first-order valence-corrected chi connectivity index (χ1v) is 7.99. The molecule has 0 aliphatic carbocycles. The number of halogens is 1. The summed E-state index contributed by atoms with van der Waals surface area (Å²) >= 11 is 0. The van der Waals surface area contributed by atoms with Gasteiger partial charge in [-0.25, -0.2) is 12.8 Å². The number of hydrogen-bond donors (Lipinski definition) is 1. The Morgan fingerprint density at radius 2 is 1.83 bits per heavy atom. The van der Waals surface area contributed by atoms with Crippen molar-refractivity contribution >= 4 is 9.84 Å². The minimum atomic E-state index is -3.15. The van der Waals surface area contributed by atoms with E-state index in [-0.39, 0.29) is 11.9 Å². The van der Waals surface area contributed by atoms with Crippen LogP contribution >= 0.6 is 0 Å². The highest BCUT2D eigenvalue weighted by Gasteiger charge is 2.26. The van der Waals surface area contributed by atoms with E-state index in [9.17, 15) is 12.8 Å². The van der Waals surface area contributed by atoms with Gasteiger partial charge < -0.3 is 5.32 Å². The van der Waals surface area contributed by atoms with Gasteiger partial charge in [0, 0.05) is 12.3 Å². The molecule has 0 spiro atoms. The summed E-state index contributed by atoms with van der Waals surface area (Å²) in [5.41, 5.74) is 0.794. The van der Waals surface area contributed by atoms with Gasteiger partial charge in [-0.15, -0.1) is 0 Å². The molecule has 1 aromatic rings. The first-order valence-electron chi connectivity index (χ1n) is 6.04. The fourth-order valence-electron chi connectivity index (χ4n) is 1.77. The van der Waals surface area contributed by atoms with Crippen LogP contribution < -0.4 is 5.32 Å². The van der Waals surface area contributed by atoms with E-state index in [1.165, 1.54) is 18.4 Å². The third kappa shape index (κ3) is 4.07. The molecular formula is C13H20FNO2S. The molecule has 2 unspecified atom stereocenters. The van der Waals surface area contributed by atoms with E-state index in [1.54, 1.807) is 19.1 Å². The summed E-state index contributed by atoms with van der Waals surface area (Å²) in [5.74, 6) is -0.319. The number of nitrogens with one attached hydrogen (secondary N) is 1. The Morgan fingerprint density at radius 1 is 1.28 bits per heavy atom. The predicted octanol–water partition coefficient (Wildman–Crippen LogP) is 2.30. The maximum atomic E-state index is 12.9. The van der Waals surface area contributed by atoms with Crippen LogP contribution in [0.25, 0.3) is 0 Å². The Labute approximate surface area is 108 Å². The zero-order chi connectivity index (χ0) is 13.8. The van der Waals surface area contributed by atoms with Crippen LogP contribution in [0.3, 0.4) is 0 Å². The van der Waals surface area contributed by atoms with Gasteiger partial charge in [-0.05, 0) is 37.6 Å². The van der Waals surface area contributed by atoms with Crippen LogP contribution in [0.5, 0.6) is 0 Å². The van der Waals surface area contributed by atoms with E-state index in [0.717, 1.165) is 18.5 Å². The van der Waals surface area contributed by atoms with Gasteiger partial charge >= 0.3 is 0 Å². The smallest absolute Gasteiger partial charge is 0.151 e. The molecule has 1 aromatic carbocycles. The maximum absolute atomic E-state index is 12.9. The molecule has 2 atom stereocenters. The monoisotopic (exact) mass is 273 g/mol. The van der Waals surface area contributed by atoms with Crippen LogP contribution in [0, 0.1) is 5.82 Å². The largest absolute Gasteiger partial charge is 0.309 e. The normalized spacial score (nSPS) is 15.3. The molecule has 0 fully saturated rings. The van der Waals surface area contributed by atoms with Gasteiger partial charge in [0.2, 0.25) is 0 Å². The average molecular weight is 273 g/mol. The van der Waals surface area contributed by atoms with Gasteiger partial charge in [0.15, 0.2) is 9.84 Å². The summed E-state index contributed by atoms with van der Waals surface area (Å²) in [6.45, 7) is 4.41. The van der Waals surface area contributed by atoms with Crippen molar-refractivity contribution in [2.75, 3.05) is 12.8 Å². The lowest BCUT2D eigenvalue weighted by molar-refractivity contribution is 0.499. The molecule has 0 bridgehead atoms. The van der Waals surface area contributed by atoms with Crippen molar-refractivity contribution in [1.29, 1.82) is 0 Å². The first-order chi connectivity index (χ1) is 8.36. The van der Waals surface area contributed by atoms with E-state index in [4.69, 9.17) is 0 Å². The first kappa shape index (κ1) is 15.1. The molecule has 1 N–H and O–H groups in total. The van der Waals surface area contributed by atoms with Gasteiger partial charge in [0.25, 0.3) is 0 Å². The van der Waals surface area contributed by atoms with Crippen LogP contribution in [0.1, 0.15) is 31.9 Å². The minimum absolute atomic E-state index is 0.305. The Kier molecular flexibility index (Phi) is 5.28. The third-order valence-corrected chi connectivity index (χ3v) is 4.61. The van der Waals surface area contributed by atoms with Crippen molar-refractivity contribution in [3.05, 3.63) is 35.6 Å². The Balaban J connectivity index is 3.01. The minimum Gasteiger partial charge on any atom is -0.309 e. The Hall–Kier alpha value is -0.940. The van der Waals surface area contributed by atoms with E-state index in [1.807, 2.05) is 6.92 Å². The second kappa shape index (κ2) is 6.29. The second-order valence-electron chi connectivity index (χ2n) is 4.52. The topological polar surface area (TPSA) is 46.2 Å². The highest BCUT2D eigenvalue weighted by atomic mass is 32.2. The van der Waals surface area contributed by atoms with Crippen molar-refractivity contribution in [3.63, 3.8) is 0 Å². The molecule has 102 valence electrons. The fourth-order valence-corrected chi connectivity index (χ4v) is 2.52. The van der Waals surface area contributed by atoms with E-state index in [0.29, 0.717) is 0 Å². The van der Waals surface area contributed by atoms with Crippen LogP contribution in [0.15, 0.2) is 24.3 Å². The molecule has 0 heterocycles. The molecule has 3 nitrogen and oxygen atoms in total. The predicted molar refractivity (Wildman–Crippen MR) is 71.7 cm³/mol. The van der Waals surface area contributed by atoms with Crippen LogP contribution in [0.4, 0.5) is 4.39 Å². The zero-order valence-corrected chi connectivity index (χ0v) is 11.8. The lowest BCUT2D eigenvalue weighted by atomic mass is 10.0. The Bertz CT molecular complexity index is 470. The second-order valence-corrected chi connectivity index (χ2v) is 6.92. The van der Waals surface area contributed by atoms with Crippen LogP contribution in [-0.4, -0.2) is 26.5 Å². The maximum Gasteiger partial charge on any atom is 0.151 e. The van der Waals surface area contributed by atoms with Gasteiger partial charge in [0.1, 0.15) is 5.82 Å². The summed E-state index contributed by atoms with van der Waals surface area (Å²) in [4.78, 5) is 0. The van der Waals surface area contributed by atoms with Gasteiger partial charge in [-0.1, -0.05) is 19.1 Å². The van der Waals surface area contributed by atoms with Crippen molar-refractivity contribution in [2.45, 2.75) is 31.6 Å². The average Bonchev–Trinajstić information content (AvgIpc) is 2.30. The van der Waals surface area contributed by atoms with Crippen LogP contribution in [0.2, 0.25) is 0 Å². The molecule has 0 aliphatic heterocycles. The zero-order valence-electron chi connectivity index (χ0n) is 11.0.